The van der Waals surface area contributed by atoms with E-state index in [-0.39, 0.29) is 17.2 Å². The van der Waals surface area contributed by atoms with Crippen LogP contribution in [0.2, 0.25) is 0 Å². The van der Waals surface area contributed by atoms with Gasteiger partial charge in [-0.05, 0) is 57.2 Å². The van der Waals surface area contributed by atoms with Gasteiger partial charge in [0.25, 0.3) is 0 Å². The molecule has 1 saturated heterocycles. The Bertz CT molecular complexity index is 1120. The molecule has 2 aromatic carbocycles. The number of aliphatic hydroxyl groups is 2. The van der Waals surface area contributed by atoms with E-state index in [4.69, 9.17) is 9.47 Å². The molecule has 0 unspecified atom stereocenters. The van der Waals surface area contributed by atoms with Crippen LogP contribution in [-0.2, 0) is 0 Å². The van der Waals surface area contributed by atoms with Crippen molar-refractivity contribution in [3.63, 3.8) is 0 Å². The van der Waals surface area contributed by atoms with E-state index in [0.717, 1.165) is 13.1 Å². The lowest BCUT2D eigenvalue weighted by molar-refractivity contribution is -0.328. The van der Waals surface area contributed by atoms with Crippen molar-refractivity contribution in [1.82, 2.24) is 14.9 Å². The van der Waals surface area contributed by atoms with Crippen molar-refractivity contribution >= 4 is 38.3 Å². The molecule has 3 N–H and O–H groups in total. The van der Waals surface area contributed by atoms with Crippen LogP contribution < -0.4 is 14.8 Å². The second kappa shape index (κ2) is 9.14. The third-order valence-corrected chi connectivity index (χ3v) is 6.11. The van der Waals surface area contributed by atoms with Crippen LogP contribution >= 0.6 is 15.9 Å². The van der Waals surface area contributed by atoms with Gasteiger partial charge in [-0.1, -0.05) is 15.9 Å². The molecule has 2 heterocycles. The number of methoxy groups -OCH3 is 1. The molecule has 170 valence electrons. The number of likely N-dealkylation sites (tertiary alicyclic amines) is 1. The average Bonchev–Trinajstić information content (AvgIpc) is 2.75. The molecule has 0 atom stereocenters. The molecule has 0 saturated carbocycles. The highest BCUT2D eigenvalue weighted by atomic mass is 79.9. The molecule has 10 heteroatoms. The maximum Gasteiger partial charge on any atom is 0.325 e. The number of nitrogens with zero attached hydrogens (tertiary/aromatic N) is 3. The number of fused-ring (bicyclic) bond motifs is 1. The first-order chi connectivity index (χ1) is 15.3. The Morgan fingerprint density at radius 1 is 1.16 bits per heavy atom. The fourth-order valence-corrected chi connectivity index (χ4v) is 4.08. The number of nitrogens with one attached hydrogen (secondary N) is 1. The second-order valence-electron chi connectivity index (χ2n) is 7.83. The number of aromatic nitrogens is 2. The summed E-state index contributed by atoms with van der Waals surface area (Å²) in [5.74, 6) is -2.45. The Balaban J connectivity index is 1.65. The van der Waals surface area contributed by atoms with Gasteiger partial charge in [0.2, 0.25) is 0 Å². The Hall–Kier alpha value is -2.53. The summed E-state index contributed by atoms with van der Waals surface area (Å²) in [6.07, 6.45) is 2.52. The monoisotopic (exact) mass is 506 g/mol. The molecule has 0 aliphatic carbocycles. The van der Waals surface area contributed by atoms with E-state index < -0.39 is 17.7 Å². The van der Waals surface area contributed by atoms with Crippen LogP contribution in [-0.4, -0.2) is 58.3 Å². The summed E-state index contributed by atoms with van der Waals surface area (Å²) in [6.45, 7) is 1.50. The van der Waals surface area contributed by atoms with Crippen LogP contribution in [0, 0.1) is 11.7 Å². The summed E-state index contributed by atoms with van der Waals surface area (Å²) in [4.78, 5) is 10.6. The van der Waals surface area contributed by atoms with Crippen molar-refractivity contribution in [3.8, 4) is 11.5 Å². The van der Waals surface area contributed by atoms with Gasteiger partial charge in [0.15, 0.2) is 11.5 Å². The van der Waals surface area contributed by atoms with Crippen LogP contribution in [0.4, 0.5) is 15.9 Å². The lowest BCUT2D eigenvalue weighted by Crippen LogP contribution is -2.48. The molecule has 4 rings (SSSR count). The predicted molar refractivity (Wildman–Crippen MR) is 121 cm³/mol. The van der Waals surface area contributed by atoms with Crippen molar-refractivity contribution in [3.05, 3.63) is 46.9 Å². The third-order valence-electron chi connectivity index (χ3n) is 5.62. The SMILES string of the molecule is COc1cc2c(Nc3ccc(Br)cc3F)ncnc2cc1OC(O)(O)C1CCN(C)CC1. The van der Waals surface area contributed by atoms with Crippen LogP contribution in [0.25, 0.3) is 10.9 Å². The summed E-state index contributed by atoms with van der Waals surface area (Å²) in [7, 11) is 3.44. The van der Waals surface area contributed by atoms with Crippen molar-refractivity contribution in [1.29, 1.82) is 0 Å². The summed E-state index contributed by atoms with van der Waals surface area (Å²) in [5.41, 5.74) is 0.717. The van der Waals surface area contributed by atoms with E-state index in [1.807, 2.05) is 7.05 Å². The predicted octanol–water partition coefficient (Wildman–Crippen LogP) is 3.64. The minimum absolute atomic E-state index is 0.142. The molecule has 3 aromatic rings. The molecular formula is C22H24BrFN4O4. The zero-order chi connectivity index (χ0) is 22.9. The van der Waals surface area contributed by atoms with Crippen molar-refractivity contribution in [2.45, 2.75) is 18.8 Å². The lowest BCUT2D eigenvalue weighted by atomic mass is 9.94. The third kappa shape index (κ3) is 4.78. The number of benzene rings is 2. The highest BCUT2D eigenvalue weighted by molar-refractivity contribution is 9.10. The van der Waals surface area contributed by atoms with Gasteiger partial charge in [-0.25, -0.2) is 14.4 Å². The molecule has 1 aliphatic rings. The minimum atomic E-state index is -2.35. The molecular weight excluding hydrogens is 483 g/mol. The van der Waals surface area contributed by atoms with Crippen LogP contribution in [0.3, 0.4) is 0 Å². The maximum atomic E-state index is 14.3. The topological polar surface area (TPSA) is 100.0 Å². The molecule has 0 bridgehead atoms. The molecule has 32 heavy (non-hydrogen) atoms. The molecule has 1 fully saturated rings. The number of piperidine rings is 1. The smallest absolute Gasteiger partial charge is 0.325 e. The highest BCUT2D eigenvalue weighted by Gasteiger charge is 2.39. The lowest BCUT2D eigenvalue weighted by Gasteiger charge is -2.36. The quantitative estimate of drug-likeness (QED) is 0.435. The summed E-state index contributed by atoms with van der Waals surface area (Å²) < 4.78 is 26.0. The largest absolute Gasteiger partial charge is 0.493 e. The van der Waals surface area contributed by atoms with E-state index in [1.54, 1.807) is 24.3 Å². The molecule has 1 aromatic heterocycles. The minimum Gasteiger partial charge on any atom is -0.493 e. The maximum absolute atomic E-state index is 14.3. The molecule has 8 nitrogen and oxygen atoms in total. The number of anilines is 2. The van der Waals surface area contributed by atoms with E-state index in [0.29, 0.717) is 34.0 Å². The number of rotatable bonds is 6. The van der Waals surface area contributed by atoms with Gasteiger partial charge in [0.1, 0.15) is 18.0 Å². The van der Waals surface area contributed by atoms with Crippen molar-refractivity contribution in [2.75, 3.05) is 32.6 Å². The standard InChI is InChI=1S/C22H24BrFN4O4/c1-28-7-5-13(6-8-28)22(29,30)32-20-11-18-15(10-19(20)31-2)21(26-12-25-18)27-17-4-3-14(23)9-16(17)24/h3-4,9-13,29-30H,5-8H2,1-2H3,(H,25,26,27). The summed E-state index contributed by atoms with van der Waals surface area (Å²) in [6, 6.07) is 7.83. The number of halogens is 2. The van der Waals surface area contributed by atoms with Gasteiger partial charge in [-0.2, -0.15) is 0 Å². The first-order valence-corrected chi connectivity index (χ1v) is 10.9. The Morgan fingerprint density at radius 2 is 1.91 bits per heavy atom. The van der Waals surface area contributed by atoms with Crippen LogP contribution in [0.15, 0.2) is 41.1 Å². The van der Waals surface area contributed by atoms with Crippen molar-refractivity contribution < 1.29 is 24.1 Å². The highest BCUT2D eigenvalue weighted by Crippen LogP contribution is 2.38. The van der Waals surface area contributed by atoms with Gasteiger partial charge < -0.3 is 29.9 Å². The van der Waals surface area contributed by atoms with Gasteiger partial charge in [0, 0.05) is 15.9 Å². The fourth-order valence-electron chi connectivity index (χ4n) is 3.75. The Morgan fingerprint density at radius 3 is 2.59 bits per heavy atom. The fraction of sp³-hybridized carbons (Fsp3) is 0.364. The first-order valence-electron chi connectivity index (χ1n) is 10.1. The van der Waals surface area contributed by atoms with E-state index in [9.17, 15) is 14.6 Å². The zero-order valence-corrected chi connectivity index (χ0v) is 19.3. The Labute approximate surface area is 193 Å². The van der Waals surface area contributed by atoms with E-state index in [2.05, 4.69) is 36.1 Å². The van der Waals surface area contributed by atoms with Gasteiger partial charge >= 0.3 is 5.97 Å². The normalized spacial score (nSPS) is 15.7. The average molecular weight is 507 g/mol. The van der Waals surface area contributed by atoms with Crippen molar-refractivity contribution in [2.24, 2.45) is 5.92 Å². The molecule has 0 radical (unpaired) electrons. The summed E-state index contributed by atoms with van der Waals surface area (Å²) >= 11 is 3.24. The first kappa shape index (κ1) is 22.7. The zero-order valence-electron chi connectivity index (χ0n) is 17.7. The van der Waals surface area contributed by atoms with Gasteiger partial charge in [-0.3, -0.25) is 0 Å². The van der Waals surface area contributed by atoms with Crippen LogP contribution in [0.5, 0.6) is 11.5 Å². The number of ether oxygens (including phenoxy) is 2. The van der Waals surface area contributed by atoms with E-state index in [1.165, 1.54) is 19.5 Å². The van der Waals surface area contributed by atoms with Gasteiger partial charge in [-0.15, -0.1) is 0 Å². The second-order valence-corrected chi connectivity index (χ2v) is 8.75. The molecule has 0 amide bonds. The molecule has 0 spiro atoms. The Kier molecular flexibility index (Phi) is 6.47. The van der Waals surface area contributed by atoms with E-state index >= 15 is 0 Å². The van der Waals surface area contributed by atoms with Crippen LogP contribution in [0.1, 0.15) is 12.8 Å². The number of hydrogen-bond donors (Lipinski definition) is 3. The summed E-state index contributed by atoms with van der Waals surface area (Å²) in [5, 5.41) is 24.8. The molecule has 1 aliphatic heterocycles. The van der Waals surface area contributed by atoms with Gasteiger partial charge in [0.05, 0.1) is 24.2 Å². The number of hydrogen-bond acceptors (Lipinski definition) is 8.